The summed E-state index contributed by atoms with van der Waals surface area (Å²) in [6.07, 6.45) is 1.64. The maximum absolute atomic E-state index is 10.3. The second-order valence-corrected chi connectivity index (χ2v) is 3.03. The molecule has 0 aliphatic rings. The summed E-state index contributed by atoms with van der Waals surface area (Å²) in [5.74, 6) is -3.17. The second kappa shape index (κ2) is 12.8. The SMILES string of the molecule is C=CC(=O)OCCC(=O)O.C=CC(=O)OCCC(=O)O. The number of ether oxygens (including phenoxy) is 2. The maximum atomic E-state index is 10.3. The number of aliphatic carboxylic acids is 2. The summed E-state index contributed by atoms with van der Waals surface area (Å²) in [4.78, 5) is 40.2. The molecule has 112 valence electrons. The van der Waals surface area contributed by atoms with Crippen molar-refractivity contribution in [2.24, 2.45) is 0 Å². The number of carbonyl (C=O) groups is 4. The lowest BCUT2D eigenvalue weighted by Crippen LogP contribution is -2.06. The van der Waals surface area contributed by atoms with E-state index in [1.54, 1.807) is 0 Å². The fourth-order valence-electron chi connectivity index (χ4n) is 0.596. The van der Waals surface area contributed by atoms with E-state index in [2.05, 4.69) is 22.6 Å². The van der Waals surface area contributed by atoms with Crippen molar-refractivity contribution >= 4 is 23.9 Å². The molecule has 0 aromatic heterocycles. The quantitative estimate of drug-likeness (QED) is 0.484. The van der Waals surface area contributed by atoms with Crippen molar-refractivity contribution in [1.29, 1.82) is 0 Å². The van der Waals surface area contributed by atoms with E-state index < -0.39 is 23.9 Å². The number of rotatable bonds is 8. The van der Waals surface area contributed by atoms with Gasteiger partial charge in [0.25, 0.3) is 0 Å². The highest BCUT2D eigenvalue weighted by Crippen LogP contribution is 1.84. The Morgan fingerprint density at radius 2 is 1.10 bits per heavy atom. The zero-order valence-electron chi connectivity index (χ0n) is 10.7. The minimum Gasteiger partial charge on any atom is -0.481 e. The Kier molecular flexibility index (Phi) is 12.6. The average Bonchev–Trinajstić information content (AvgIpc) is 2.38. The predicted molar refractivity (Wildman–Crippen MR) is 66.8 cm³/mol. The van der Waals surface area contributed by atoms with Crippen molar-refractivity contribution in [2.45, 2.75) is 12.8 Å². The molecule has 0 saturated carbocycles. The van der Waals surface area contributed by atoms with Crippen LogP contribution in [0.15, 0.2) is 25.3 Å². The van der Waals surface area contributed by atoms with Crippen LogP contribution in [0.25, 0.3) is 0 Å². The molecule has 0 aliphatic heterocycles. The van der Waals surface area contributed by atoms with Crippen LogP contribution in [0.4, 0.5) is 0 Å². The lowest BCUT2D eigenvalue weighted by atomic mass is 10.5. The summed E-state index contributed by atoms with van der Waals surface area (Å²) >= 11 is 0. The van der Waals surface area contributed by atoms with Gasteiger partial charge in [-0.05, 0) is 0 Å². The molecule has 8 nitrogen and oxygen atoms in total. The Morgan fingerprint density at radius 3 is 1.30 bits per heavy atom. The Morgan fingerprint density at radius 1 is 0.800 bits per heavy atom. The zero-order chi connectivity index (χ0) is 16.0. The van der Waals surface area contributed by atoms with Crippen molar-refractivity contribution in [2.75, 3.05) is 13.2 Å². The molecule has 0 rings (SSSR count). The van der Waals surface area contributed by atoms with Crippen molar-refractivity contribution in [3.05, 3.63) is 25.3 Å². The largest absolute Gasteiger partial charge is 0.481 e. The molecule has 0 fully saturated rings. The molecule has 20 heavy (non-hydrogen) atoms. The molecule has 0 atom stereocenters. The third-order valence-corrected chi connectivity index (χ3v) is 1.45. The van der Waals surface area contributed by atoms with Gasteiger partial charge in [0.1, 0.15) is 13.2 Å². The van der Waals surface area contributed by atoms with Crippen LogP contribution in [0.1, 0.15) is 12.8 Å². The third kappa shape index (κ3) is 17.7. The van der Waals surface area contributed by atoms with E-state index in [-0.39, 0.29) is 26.1 Å². The van der Waals surface area contributed by atoms with Crippen molar-refractivity contribution < 1.29 is 38.9 Å². The van der Waals surface area contributed by atoms with Gasteiger partial charge in [0.2, 0.25) is 0 Å². The van der Waals surface area contributed by atoms with Crippen LogP contribution in [0.5, 0.6) is 0 Å². The van der Waals surface area contributed by atoms with Crippen LogP contribution in [0.3, 0.4) is 0 Å². The van der Waals surface area contributed by atoms with Crippen LogP contribution in [-0.4, -0.2) is 47.3 Å². The number of carboxylic acids is 2. The Hall–Kier alpha value is -2.64. The highest BCUT2D eigenvalue weighted by atomic mass is 16.5. The minimum absolute atomic E-state index is 0.0970. The topological polar surface area (TPSA) is 127 Å². The molecule has 0 bridgehead atoms. The molecule has 2 N–H and O–H groups in total. The standard InChI is InChI=1S/2C6H8O4/c2*1-2-6(9)10-4-3-5(7)8/h2*2H,1,3-4H2,(H,7,8). The van der Waals surface area contributed by atoms with Gasteiger partial charge in [-0.25, -0.2) is 9.59 Å². The van der Waals surface area contributed by atoms with E-state index in [4.69, 9.17) is 10.2 Å². The zero-order valence-corrected chi connectivity index (χ0v) is 10.7. The molecule has 0 aromatic rings. The van der Waals surface area contributed by atoms with Gasteiger partial charge in [0.05, 0.1) is 12.8 Å². The Balaban J connectivity index is 0. The summed E-state index contributed by atoms with van der Waals surface area (Å²) in [7, 11) is 0. The first-order valence-corrected chi connectivity index (χ1v) is 5.35. The monoisotopic (exact) mass is 288 g/mol. The molecule has 0 saturated heterocycles. The van der Waals surface area contributed by atoms with E-state index in [1.807, 2.05) is 0 Å². The van der Waals surface area contributed by atoms with Gasteiger partial charge in [-0.2, -0.15) is 0 Å². The number of carbonyl (C=O) groups excluding carboxylic acids is 2. The van der Waals surface area contributed by atoms with Crippen molar-refractivity contribution in [1.82, 2.24) is 0 Å². The summed E-state index contributed by atoms with van der Waals surface area (Å²) in [6.45, 7) is 6.08. The smallest absolute Gasteiger partial charge is 0.330 e. The molecule has 0 aliphatic carbocycles. The van der Waals surface area contributed by atoms with Crippen LogP contribution in [0, 0.1) is 0 Å². The predicted octanol–water partition coefficient (Wildman–Crippen LogP) is 0.381. The first-order valence-electron chi connectivity index (χ1n) is 5.35. The average molecular weight is 288 g/mol. The van der Waals surface area contributed by atoms with Gasteiger partial charge in [-0.15, -0.1) is 0 Å². The molecule has 0 heterocycles. The fourth-order valence-corrected chi connectivity index (χ4v) is 0.596. The van der Waals surface area contributed by atoms with Crippen molar-refractivity contribution in [3.8, 4) is 0 Å². The van der Waals surface area contributed by atoms with E-state index >= 15 is 0 Å². The summed E-state index contributed by atoms with van der Waals surface area (Å²) in [5, 5.41) is 16.2. The molecule has 0 spiro atoms. The molecule has 0 aromatic carbocycles. The maximum Gasteiger partial charge on any atom is 0.330 e. The molecule has 8 heteroatoms. The van der Waals surface area contributed by atoms with Crippen LogP contribution in [0.2, 0.25) is 0 Å². The third-order valence-electron chi connectivity index (χ3n) is 1.45. The normalized spacial score (nSPS) is 8.40. The molecule has 0 unspecified atom stereocenters. The summed E-state index contributed by atoms with van der Waals surface area (Å²) in [6, 6.07) is 0. The van der Waals surface area contributed by atoms with Crippen molar-refractivity contribution in [3.63, 3.8) is 0 Å². The van der Waals surface area contributed by atoms with Gasteiger partial charge in [-0.1, -0.05) is 13.2 Å². The molecule has 0 amide bonds. The number of hydrogen-bond donors (Lipinski definition) is 2. The Labute approximate surface area is 115 Å². The van der Waals surface area contributed by atoms with Gasteiger partial charge < -0.3 is 19.7 Å². The molecule has 0 radical (unpaired) electrons. The lowest BCUT2D eigenvalue weighted by Gasteiger charge is -1.96. The van der Waals surface area contributed by atoms with E-state index in [1.165, 1.54) is 0 Å². The minimum atomic E-state index is -0.989. The van der Waals surface area contributed by atoms with E-state index in [0.717, 1.165) is 12.2 Å². The highest BCUT2D eigenvalue weighted by Gasteiger charge is 1.99. The van der Waals surface area contributed by atoms with Gasteiger partial charge in [0.15, 0.2) is 0 Å². The van der Waals surface area contributed by atoms with Gasteiger partial charge >= 0.3 is 23.9 Å². The summed E-state index contributed by atoms with van der Waals surface area (Å²) in [5.41, 5.74) is 0. The Bertz CT molecular complexity index is 336. The fraction of sp³-hybridized carbons (Fsp3) is 0.333. The van der Waals surface area contributed by atoms with Crippen LogP contribution >= 0.6 is 0 Å². The van der Waals surface area contributed by atoms with Crippen LogP contribution in [-0.2, 0) is 28.7 Å². The van der Waals surface area contributed by atoms with E-state index in [9.17, 15) is 19.2 Å². The first-order chi connectivity index (χ1) is 9.33. The lowest BCUT2D eigenvalue weighted by molar-refractivity contribution is -0.144. The summed E-state index contributed by atoms with van der Waals surface area (Å²) < 4.78 is 8.73. The van der Waals surface area contributed by atoms with Gasteiger partial charge in [0, 0.05) is 12.2 Å². The number of esters is 2. The molecular weight excluding hydrogens is 272 g/mol. The first kappa shape index (κ1) is 19.7. The number of hydrogen-bond acceptors (Lipinski definition) is 6. The number of carboxylic acid groups (broad SMARTS) is 2. The second-order valence-electron chi connectivity index (χ2n) is 3.03. The van der Waals surface area contributed by atoms with E-state index in [0.29, 0.717) is 0 Å². The highest BCUT2D eigenvalue weighted by molar-refractivity contribution is 5.81. The molecular formula is C12H16O8. The van der Waals surface area contributed by atoms with Crippen LogP contribution < -0.4 is 0 Å². The van der Waals surface area contributed by atoms with Gasteiger partial charge in [-0.3, -0.25) is 9.59 Å².